The molecule has 0 atom stereocenters. The zero-order valence-electron chi connectivity index (χ0n) is 9.63. The first-order chi connectivity index (χ1) is 6.89. The first-order valence-electron chi connectivity index (χ1n) is 5.17. The molecule has 0 saturated carbocycles. The van der Waals surface area contributed by atoms with Gasteiger partial charge in [-0.2, -0.15) is 0 Å². The van der Waals surface area contributed by atoms with Gasteiger partial charge in [0.1, 0.15) is 5.82 Å². The van der Waals surface area contributed by atoms with Gasteiger partial charge in [0.2, 0.25) is 0 Å². The molecule has 0 saturated heterocycles. The summed E-state index contributed by atoms with van der Waals surface area (Å²) in [6, 6.07) is 4.97. The third kappa shape index (κ3) is 1.65. The van der Waals surface area contributed by atoms with Crippen molar-refractivity contribution in [2.24, 2.45) is 0 Å². The zero-order chi connectivity index (χ0) is 11.2. The lowest BCUT2D eigenvalue weighted by Crippen LogP contribution is -2.20. The van der Waals surface area contributed by atoms with Crippen molar-refractivity contribution in [3.05, 3.63) is 35.8 Å². The van der Waals surface area contributed by atoms with Gasteiger partial charge >= 0.3 is 0 Å². The van der Waals surface area contributed by atoms with E-state index < -0.39 is 0 Å². The standard InChI is InChI=1S/C13H16FN/c1-9-8-15(13(2,3)4)12-6-5-10(14)7-11(9)12/h5-8H,1-4H3. The van der Waals surface area contributed by atoms with Crippen LogP contribution in [-0.2, 0) is 5.54 Å². The minimum atomic E-state index is -0.169. The highest BCUT2D eigenvalue weighted by molar-refractivity contribution is 5.84. The molecule has 1 nitrogen and oxygen atoms in total. The molecule has 0 aliphatic heterocycles. The van der Waals surface area contributed by atoms with Crippen molar-refractivity contribution in [2.45, 2.75) is 33.2 Å². The van der Waals surface area contributed by atoms with Crippen molar-refractivity contribution in [1.82, 2.24) is 4.57 Å². The fraction of sp³-hybridized carbons (Fsp3) is 0.385. The summed E-state index contributed by atoms with van der Waals surface area (Å²) in [7, 11) is 0. The number of aryl methyl sites for hydroxylation is 1. The van der Waals surface area contributed by atoms with Crippen LogP contribution < -0.4 is 0 Å². The van der Waals surface area contributed by atoms with Gasteiger partial charge in [0.15, 0.2) is 0 Å². The Kier molecular flexibility index (Phi) is 2.10. The van der Waals surface area contributed by atoms with Gasteiger partial charge in [0.25, 0.3) is 0 Å². The molecule has 0 fully saturated rings. The monoisotopic (exact) mass is 205 g/mol. The maximum Gasteiger partial charge on any atom is 0.123 e. The van der Waals surface area contributed by atoms with Crippen molar-refractivity contribution in [3.8, 4) is 0 Å². The Bertz CT molecular complexity index is 503. The predicted octanol–water partition coefficient (Wildman–Crippen LogP) is 3.84. The molecule has 0 unspecified atom stereocenters. The maximum atomic E-state index is 13.1. The summed E-state index contributed by atoms with van der Waals surface area (Å²) >= 11 is 0. The molecule has 0 radical (unpaired) electrons. The normalized spacial score (nSPS) is 12.3. The van der Waals surface area contributed by atoms with Crippen LogP contribution in [-0.4, -0.2) is 4.57 Å². The second kappa shape index (κ2) is 3.09. The van der Waals surface area contributed by atoms with Crippen molar-refractivity contribution >= 4 is 10.9 Å². The molecule has 2 aromatic rings. The molecular formula is C13H16FN. The molecule has 1 heterocycles. The number of benzene rings is 1. The van der Waals surface area contributed by atoms with Crippen LogP contribution in [0.4, 0.5) is 4.39 Å². The summed E-state index contributed by atoms with van der Waals surface area (Å²) < 4.78 is 15.3. The molecule has 0 aliphatic rings. The van der Waals surface area contributed by atoms with E-state index >= 15 is 0 Å². The van der Waals surface area contributed by atoms with Gasteiger partial charge in [-0.05, 0) is 51.5 Å². The van der Waals surface area contributed by atoms with Crippen molar-refractivity contribution in [1.29, 1.82) is 0 Å². The Morgan fingerprint density at radius 1 is 1.20 bits per heavy atom. The first kappa shape index (κ1) is 10.2. The molecule has 0 bridgehead atoms. The second-order valence-electron chi connectivity index (χ2n) is 5.01. The van der Waals surface area contributed by atoms with E-state index in [9.17, 15) is 4.39 Å². The summed E-state index contributed by atoms with van der Waals surface area (Å²) in [6.45, 7) is 8.46. The van der Waals surface area contributed by atoms with Crippen molar-refractivity contribution in [2.75, 3.05) is 0 Å². The molecule has 0 spiro atoms. The molecule has 0 N–H and O–H groups in total. The zero-order valence-corrected chi connectivity index (χ0v) is 9.63. The van der Waals surface area contributed by atoms with Crippen LogP contribution in [0.1, 0.15) is 26.3 Å². The Morgan fingerprint density at radius 2 is 1.87 bits per heavy atom. The summed E-state index contributed by atoms with van der Waals surface area (Å²) in [5.74, 6) is -0.169. The Morgan fingerprint density at radius 3 is 2.47 bits per heavy atom. The van der Waals surface area contributed by atoms with Gasteiger partial charge in [-0.3, -0.25) is 0 Å². The lowest BCUT2D eigenvalue weighted by atomic mass is 10.1. The summed E-state index contributed by atoms with van der Waals surface area (Å²) in [5.41, 5.74) is 2.26. The highest BCUT2D eigenvalue weighted by Gasteiger charge is 2.16. The molecule has 80 valence electrons. The number of halogens is 1. The third-order valence-corrected chi connectivity index (χ3v) is 2.69. The molecule has 0 aliphatic carbocycles. The van der Waals surface area contributed by atoms with Crippen LogP contribution in [0, 0.1) is 12.7 Å². The molecule has 15 heavy (non-hydrogen) atoms. The highest BCUT2D eigenvalue weighted by Crippen LogP contribution is 2.27. The highest BCUT2D eigenvalue weighted by atomic mass is 19.1. The Hall–Kier alpha value is -1.31. The average Bonchev–Trinajstić information content (AvgIpc) is 2.43. The molecule has 2 heteroatoms. The minimum absolute atomic E-state index is 0.0321. The molecular weight excluding hydrogens is 189 g/mol. The second-order valence-corrected chi connectivity index (χ2v) is 5.01. The van der Waals surface area contributed by atoms with Crippen LogP contribution in [0.25, 0.3) is 10.9 Å². The predicted molar refractivity (Wildman–Crippen MR) is 61.6 cm³/mol. The molecule has 2 rings (SSSR count). The summed E-state index contributed by atoms with van der Waals surface area (Å²) in [6.07, 6.45) is 2.09. The molecule has 1 aromatic heterocycles. The SMILES string of the molecule is Cc1cn(C(C)(C)C)c2ccc(F)cc12. The van der Waals surface area contributed by atoms with E-state index in [1.54, 1.807) is 6.07 Å². The summed E-state index contributed by atoms with van der Waals surface area (Å²) in [4.78, 5) is 0. The smallest absolute Gasteiger partial charge is 0.123 e. The van der Waals surface area contributed by atoms with Crippen molar-refractivity contribution < 1.29 is 4.39 Å². The maximum absolute atomic E-state index is 13.1. The fourth-order valence-corrected chi connectivity index (χ4v) is 1.92. The average molecular weight is 205 g/mol. The van der Waals surface area contributed by atoms with Gasteiger partial charge in [-0.25, -0.2) is 4.39 Å². The Balaban J connectivity index is 2.79. The number of nitrogens with zero attached hydrogens (tertiary/aromatic N) is 1. The van der Waals surface area contributed by atoms with E-state index in [2.05, 4.69) is 31.5 Å². The topological polar surface area (TPSA) is 4.93 Å². The van der Waals surface area contributed by atoms with Crippen molar-refractivity contribution in [3.63, 3.8) is 0 Å². The minimum Gasteiger partial charge on any atom is -0.342 e. The Labute approximate surface area is 89.5 Å². The number of rotatable bonds is 0. The number of hydrogen-bond donors (Lipinski definition) is 0. The van der Waals surface area contributed by atoms with Crippen LogP contribution in [0.3, 0.4) is 0 Å². The number of aromatic nitrogens is 1. The van der Waals surface area contributed by atoms with Crippen LogP contribution in [0.15, 0.2) is 24.4 Å². The van der Waals surface area contributed by atoms with Gasteiger partial charge in [-0.15, -0.1) is 0 Å². The lowest BCUT2D eigenvalue weighted by Gasteiger charge is -2.22. The number of fused-ring (bicyclic) bond motifs is 1. The van der Waals surface area contributed by atoms with Crippen LogP contribution in [0.5, 0.6) is 0 Å². The van der Waals surface area contributed by atoms with E-state index in [1.165, 1.54) is 6.07 Å². The van der Waals surface area contributed by atoms with E-state index in [0.717, 1.165) is 16.5 Å². The number of hydrogen-bond acceptors (Lipinski definition) is 0. The van der Waals surface area contributed by atoms with Gasteiger partial charge in [0.05, 0.1) is 0 Å². The lowest BCUT2D eigenvalue weighted by molar-refractivity contribution is 0.410. The quantitative estimate of drug-likeness (QED) is 0.615. The van der Waals surface area contributed by atoms with E-state index in [0.29, 0.717) is 0 Å². The molecule has 1 aromatic carbocycles. The first-order valence-corrected chi connectivity index (χ1v) is 5.17. The third-order valence-electron chi connectivity index (χ3n) is 2.69. The van der Waals surface area contributed by atoms with Crippen LogP contribution >= 0.6 is 0 Å². The van der Waals surface area contributed by atoms with Gasteiger partial charge in [-0.1, -0.05) is 0 Å². The van der Waals surface area contributed by atoms with E-state index in [-0.39, 0.29) is 11.4 Å². The van der Waals surface area contributed by atoms with E-state index in [4.69, 9.17) is 0 Å². The van der Waals surface area contributed by atoms with Gasteiger partial charge in [0, 0.05) is 22.6 Å². The van der Waals surface area contributed by atoms with E-state index in [1.807, 2.05) is 13.0 Å². The van der Waals surface area contributed by atoms with Gasteiger partial charge < -0.3 is 4.57 Å². The summed E-state index contributed by atoms with van der Waals surface area (Å²) in [5, 5.41) is 1.00. The fourth-order valence-electron chi connectivity index (χ4n) is 1.92. The largest absolute Gasteiger partial charge is 0.342 e. The molecule has 0 amide bonds. The van der Waals surface area contributed by atoms with Crippen LogP contribution in [0.2, 0.25) is 0 Å².